The first kappa shape index (κ1) is 56.7. The Morgan fingerprint density at radius 2 is 1.52 bits per heavy atom. The average Bonchev–Trinajstić information content (AvgIpc) is 4.12. The van der Waals surface area contributed by atoms with Crippen LogP contribution in [0.15, 0.2) is 30.5 Å². The number of rotatable bonds is 24. The molecule has 4 heterocycles. The number of phosphoric acid groups is 3. The van der Waals surface area contributed by atoms with E-state index in [-0.39, 0.29) is 60.9 Å². The highest BCUT2D eigenvalue weighted by molar-refractivity contribution is 8.76. The predicted molar refractivity (Wildman–Crippen MR) is 261 cm³/mol. The Bertz CT molecular complexity index is 2380. The summed E-state index contributed by atoms with van der Waals surface area (Å²) in [5.41, 5.74) is 0.205. The van der Waals surface area contributed by atoms with Crippen LogP contribution >= 0.6 is 45.1 Å². The fourth-order valence-electron chi connectivity index (χ4n) is 13.2. The van der Waals surface area contributed by atoms with Crippen LogP contribution in [0.3, 0.4) is 0 Å². The molecule has 4 saturated carbocycles. The summed E-state index contributed by atoms with van der Waals surface area (Å²) in [5.74, 6) is 3.21. The van der Waals surface area contributed by atoms with Crippen molar-refractivity contribution in [1.82, 2.24) is 4.57 Å². The second-order valence-electron chi connectivity index (χ2n) is 21.0. The summed E-state index contributed by atoms with van der Waals surface area (Å²) in [4.78, 5) is 50.0. The van der Waals surface area contributed by atoms with Crippen LogP contribution in [-0.2, 0) is 64.5 Å². The molecule has 16 unspecified atom stereocenters. The number of ether oxygens (including phenoxy) is 5. The van der Waals surface area contributed by atoms with Crippen LogP contribution in [0.25, 0.3) is 10.9 Å². The second kappa shape index (κ2) is 23.3. The van der Waals surface area contributed by atoms with Crippen LogP contribution in [0.2, 0.25) is 0 Å². The molecule has 9 rings (SSSR count). The molecule has 412 valence electrons. The summed E-state index contributed by atoms with van der Waals surface area (Å²) < 4.78 is 102. The van der Waals surface area contributed by atoms with Gasteiger partial charge < -0.3 is 75.2 Å². The Morgan fingerprint density at radius 3 is 2.25 bits per heavy atom. The van der Waals surface area contributed by atoms with Gasteiger partial charge in [0.25, 0.3) is 29.2 Å². The Kier molecular flexibility index (Phi) is 18.1. The number of nitrogens with zero attached hydrogens (tertiary/aromatic N) is 2. The Morgan fingerprint density at radius 1 is 0.808 bits per heavy atom. The SMILES string of the molecule is CCCOCC(O)COP(=O)([O-])OCCOCCOP(=O)([O-])OC1CC(n2ccc3ccc([N+](=O)[O-])cc32)OC1COP(=O)([O-])OC1CCC2(C)C(CCC3C2CCC2(C)C3CCC23OC2CSSCC2O3)C1. The predicted octanol–water partition coefficient (Wildman–Crippen LogP) is 6.80. The number of hydrogen-bond donors (Lipinski definition) is 1. The summed E-state index contributed by atoms with van der Waals surface area (Å²) in [6.45, 7) is 4.08. The largest absolute Gasteiger partial charge is 0.756 e. The molecular formula is C46H68N2O20P3S2-3. The minimum Gasteiger partial charge on any atom is -0.756 e. The highest BCUT2D eigenvalue weighted by atomic mass is 33.1. The molecule has 27 heteroatoms. The van der Waals surface area contributed by atoms with Crippen LogP contribution in [0.5, 0.6) is 0 Å². The molecule has 7 fully saturated rings. The number of non-ortho nitro benzene ring substituents is 1. The van der Waals surface area contributed by atoms with E-state index in [4.69, 9.17) is 46.3 Å². The number of phosphoric ester groups is 3. The van der Waals surface area contributed by atoms with Gasteiger partial charge in [0.15, 0.2) is 5.79 Å². The standard InChI is InChI=1S/C46H71N2O20P3S2/c1-4-17-59-25-33(49)26-62-69(52,53)60-20-18-58-19-21-61-70(54,55)68-39-24-43(47-16-12-30-5-7-32(48(50)51)23-38(30)47)64-40(39)27-63-71(56,57)67-34-9-13-44(2)31(22-34)6-8-35-36(44)10-14-45(3)37(35)11-15-46(45)65-41-28-72-73-29-42(41)66-46/h5,7,12,16,23,31,33-37,39-43,49H,4,6,8-11,13-15,17-22,24-29H2,1-3H3,(H,52,53)(H,54,55)(H,56,57)/p-3. The zero-order valence-corrected chi connectivity index (χ0v) is 45.7. The quantitative estimate of drug-likeness (QED) is 0.0371. The molecule has 7 aliphatic rings. The zero-order chi connectivity index (χ0) is 51.8. The van der Waals surface area contributed by atoms with Crippen molar-refractivity contribution in [3.63, 3.8) is 0 Å². The van der Waals surface area contributed by atoms with E-state index in [1.807, 2.05) is 28.5 Å². The molecule has 16 atom stereocenters. The lowest BCUT2D eigenvalue weighted by atomic mass is 9.45. The van der Waals surface area contributed by atoms with Gasteiger partial charge in [-0.05, 0) is 99.0 Å². The van der Waals surface area contributed by atoms with Crippen LogP contribution in [0.4, 0.5) is 5.69 Å². The zero-order valence-electron chi connectivity index (χ0n) is 41.3. The number of aliphatic hydroxyl groups is 1. The van der Waals surface area contributed by atoms with Crippen molar-refractivity contribution in [2.75, 3.05) is 64.4 Å². The van der Waals surface area contributed by atoms with Crippen LogP contribution in [0.1, 0.15) is 97.6 Å². The minimum absolute atomic E-state index is 0.0236. The van der Waals surface area contributed by atoms with Gasteiger partial charge in [-0.1, -0.05) is 42.4 Å². The van der Waals surface area contributed by atoms with E-state index >= 15 is 0 Å². The van der Waals surface area contributed by atoms with Gasteiger partial charge in [-0.25, -0.2) is 0 Å². The highest BCUT2D eigenvalue weighted by Gasteiger charge is 2.69. The normalized spacial score (nSPS) is 38.0. The van der Waals surface area contributed by atoms with E-state index in [1.54, 1.807) is 22.9 Å². The van der Waals surface area contributed by atoms with Crippen molar-refractivity contribution in [2.45, 2.75) is 140 Å². The van der Waals surface area contributed by atoms with Crippen LogP contribution < -0.4 is 14.7 Å². The Labute approximate surface area is 433 Å². The van der Waals surface area contributed by atoms with Crippen molar-refractivity contribution >= 4 is 61.6 Å². The number of benzene rings is 1. The van der Waals surface area contributed by atoms with Crippen LogP contribution in [-0.4, -0.2) is 121 Å². The van der Waals surface area contributed by atoms with Crippen molar-refractivity contribution < 1.29 is 89.2 Å². The smallest absolute Gasteiger partial charge is 0.271 e. The molecule has 1 N–H and O–H groups in total. The summed E-state index contributed by atoms with van der Waals surface area (Å²) in [7, 11) is -11.2. The lowest BCUT2D eigenvalue weighted by Crippen LogP contribution is -2.57. The number of hydrogen-bond acceptors (Lipinski definition) is 22. The monoisotopic (exact) mass is 1130 g/mol. The Balaban J connectivity index is 0.777. The van der Waals surface area contributed by atoms with Crippen molar-refractivity contribution in [2.24, 2.45) is 34.5 Å². The van der Waals surface area contributed by atoms with Crippen LogP contribution in [0, 0.1) is 44.6 Å². The first-order valence-electron chi connectivity index (χ1n) is 25.4. The van der Waals surface area contributed by atoms with E-state index in [0.29, 0.717) is 48.1 Å². The Hall–Kier alpha value is -1.05. The molecule has 2 aromatic rings. The summed E-state index contributed by atoms with van der Waals surface area (Å²) >= 11 is 0. The van der Waals surface area contributed by atoms with Gasteiger partial charge in [-0.15, -0.1) is 0 Å². The molecule has 0 amide bonds. The summed E-state index contributed by atoms with van der Waals surface area (Å²) in [5, 5.41) is 22.1. The highest BCUT2D eigenvalue weighted by Crippen LogP contribution is 2.71. The first-order valence-corrected chi connectivity index (χ1v) is 32.3. The molecule has 22 nitrogen and oxygen atoms in total. The molecule has 0 radical (unpaired) electrons. The lowest BCUT2D eigenvalue weighted by molar-refractivity contribution is -0.384. The van der Waals surface area contributed by atoms with Gasteiger partial charge >= 0.3 is 0 Å². The van der Waals surface area contributed by atoms with E-state index in [1.165, 1.54) is 12.1 Å². The first-order chi connectivity index (χ1) is 34.7. The number of fused-ring (bicyclic) bond motifs is 8. The van der Waals surface area contributed by atoms with E-state index in [2.05, 4.69) is 18.4 Å². The summed E-state index contributed by atoms with van der Waals surface area (Å²) in [6, 6.07) is 5.97. The number of nitro groups is 1. The van der Waals surface area contributed by atoms with Gasteiger partial charge in [0.2, 0.25) is 0 Å². The molecular weight excluding hydrogens is 1060 g/mol. The van der Waals surface area contributed by atoms with Gasteiger partial charge in [-0.3, -0.25) is 23.8 Å². The second-order valence-corrected chi connectivity index (χ2v) is 27.7. The molecule has 0 bridgehead atoms. The fraction of sp³-hybridized carbons (Fsp3) is 0.826. The fourth-order valence-corrected chi connectivity index (χ4v) is 18.2. The maximum atomic E-state index is 13.7. The topological polar surface area (TPSA) is 290 Å². The molecule has 4 aliphatic carbocycles. The maximum absolute atomic E-state index is 13.7. The van der Waals surface area contributed by atoms with E-state index in [9.17, 15) is 43.6 Å². The van der Waals surface area contributed by atoms with E-state index in [0.717, 1.165) is 62.9 Å². The van der Waals surface area contributed by atoms with Crippen molar-refractivity contribution in [3.05, 3.63) is 40.6 Å². The molecule has 1 aromatic carbocycles. The number of aliphatic hydroxyl groups excluding tert-OH is 1. The van der Waals surface area contributed by atoms with Crippen molar-refractivity contribution in [3.8, 4) is 0 Å². The molecule has 3 aliphatic heterocycles. The third-order valence-corrected chi connectivity index (χ3v) is 22.1. The van der Waals surface area contributed by atoms with Gasteiger partial charge in [-0.2, -0.15) is 0 Å². The lowest BCUT2D eigenvalue weighted by Gasteiger charge is -2.61. The minimum atomic E-state index is -5.15. The number of nitro benzene ring substituents is 1. The summed E-state index contributed by atoms with van der Waals surface area (Å²) in [6.07, 6.45) is 5.17. The third kappa shape index (κ3) is 12.7. The van der Waals surface area contributed by atoms with Gasteiger partial charge in [0.1, 0.15) is 18.4 Å². The molecule has 1 spiro atoms. The third-order valence-electron chi connectivity index (χ3n) is 16.7. The average molecular weight is 1130 g/mol. The molecule has 73 heavy (non-hydrogen) atoms. The number of aromatic nitrogens is 1. The molecule has 1 aromatic heterocycles. The molecule has 3 saturated heterocycles. The maximum Gasteiger partial charge on any atom is 0.271 e. The van der Waals surface area contributed by atoms with Gasteiger partial charge in [0.05, 0.1) is 81.1 Å². The van der Waals surface area contributed by atoms with Crippen molar-refractivity contribution in [1.29, 1.82) is 0 Å². The van der Waals surface area contributed by atoms with E-state index < -0.39 is 91.2 Å². The van der Waals surface area contributed by atoms with Gasteiger partial charge in [0, 0.05) is 60.1 Å².